The van der Waals surface area contributed by atoms with Crippen molar-refractivity contribution in [2.75, 3.05) is 19.8 Å². The lowest BCUT2D eigenvalue weighted by Crippen LogP contribution is -2.25. The molecule has 0 radical (unpaired) electrons. The molecular formula is C19H23NO. The lowest BCUT2D eigenvalue weighted by Gasteiger charge is -2.19. The van der Waals surface area contributed by atoms with Gasteiger partial charge in [0.2, 0.25) is 0 Å². The molecule has 1 heterocycles. The van der Waals surface area contributed by atoms with Gasteiger partial charge >= 0.3 is 0 Å². The highest BCUT2D eigenvalue weighted by Gasteiger charge is 2.18. The van der Waals surface area contributed by atoms with Crippen LogP contribution in [0.1, 0.15) is 35.2 Å². The Morgan fingerprint density at radius 2 is 1.95 bits per heavy atom. The van der Waals surface area contributed by atoms with Gasteiger partial charge in [-0.15, -0.1) is 0 Å². The first kappa shape index (κ1) is 14.3. The zero-order valence-corrected chi connectivity index (χ0v) is 12.6. The molecule has 0 aromatic heterocycles. The monoisotopic (exact) mass is 281 g/mol. The summed E-state index contributed by atoms with van der Waals surface area (Å²) in [7, 11) is 0. The molecule has 0 saturated heterocycles. The van der Waals surface area contributed by atoms with E-state index in [0.29, 0.717) is 6.04 Å². The quantitative estimate of drug-likeness (QED) is 0.926. The third-order valence-electron chi connectivity index (χ3n) is 4.09. The summed E-state index contributed by atoms with van der Waals surface area (Å²) in [5.41, 5.74) is 5.59. The minimum absolute atomic E-state index is 0.322. The highest BCUT2D eigenvalue weighted by atomic mass is 16.5. The van der Waals surface area contributed by atoms with Crippen molar-refractivity contribution in [1.82, 2.24) is 5.32 Å². The molecule has 1 unspecified atom stereocenters. The number of rotatable bonds is 4. The predicted octanol–water partition coefficient (Wildman–Crippen LogP) is 3.50. The van der Waals surface area contributed by atoms with E-state index in [-0.39, 0.29) is 0 Å². The van der Waals surface area contributed by atoms with Crippen LogP contribution in [-0.2, 0) is 17.6 Å². The zero-order chi connectivity index (χ0) is 14.5. The van der Waals surface area contributed by atoms with Crippen LogP contribution in [0.25, 0.3) is 0 Å². The maximum Gasteiger partial charge on any atom is 0.0661 e. The van der Waals surface area contributed by atoms with E-state index in [9.17, 15) is 0 Å². The van der Waals surface area contributed by atoms with Gasteiger partial charge in [-0.25, -0.2) is 0 Å². The third-order valence-corrected chi connectivity index (χ3v) is 4.09. The molecule has 0 fully saturated rings. The van der Waals surface area contributed by atoms with E-state index < -0.39 is 0 Å². The fourth-order valence-corrected chi connectivity index (χ4v) is 3.03. The van der Waals surface area contributed by atoms with Gasteiger partial charge in [0.05, 0.1) is 19.3 Å². The van der Waals surface area contributed by atoms with E-state index in [1.165, 1.54) is 22.3 Å². The molecule has 1 aliphatic rings. The summed E-state index contributed by atoms with van der Waals surface area (Å²) in [5.74, 6) is 0. The highest BCUT2D eigenvalue weighted by Crippen LogP contribution is 2.25. The minimum Gasteiger partial charge on any atom is -0.379 e. The van der Waals surface area contributed by atoms with Crippen LogP contribution in [-0.4, -0.2) is 19.8 Å². The van der Waals surface area contributed by atoms with E-state index in [1.807, 2.05) is 0 Å². The van der Waals surface area contributed by atoms with E-state index in [2.05, 4.69) is 60.8 Å². The molecule has 2 aromatic carbocycles. The molecule has 1 aliphatic heterocycles. The van der Waals surface area contributed by atoms with Crippen molar-refractivity contribution >= 4 is 0 Å². The van der Waals surface area contributed by atoms with Gasteiger partial charge in [0.15, 0.2) is 0 Å². The summed E-state index contributed by atoms with van der Waals surface area (Å²) in [6, 6.07) is 17.9. The van der Waals surface area contributed by atoms with Crippen LogP contribution in [0.5, 0.6) is 0 Å². The first-order valence-corrected chi connectivity index (χ1v) is 7.83. The van der Waals surface area contributed by atoms with Crippen molar-refractivity contribution in [2.24, 2.45) is 0 Å². The molecule has 2 aromatic rings. The van der Waals surface area contributed by atoms with Gasteiger partial charge in [0.25, 0.3) is 0 Å². The highest BCUT2D eigenvalue weighted by molar-refractivity contribution is 5.37. The average molecular weight is 281 g/mol. The molecule has 0 amide bonds. The Balaban J connectivity index is 1.87. The van der Waals surface area contributed by atoms with Gasteiger partial charge in [-0.3, -0.25) is 0 Å². The molecule has 0 aliphatic carbocycles. The van der Waals surface area contributed by atoms with Crippen molar-refractivity contribution in [2.45, 2.75) is 25.8 Å². The Morgan fingerprint density at radius 3 is 2.76 bits per heavy atom. The summed E-state index contributed by atoms with van der Waals surface area (Å²) < 4.78 is 5.74. The van der Waals surface area contributed by atoms with E-state index in [0.717, 1.165) is 32.6 Å². The molecule has 1 N–H and O–H groups in total. The molecule has 21 heavy (non-hydrogen) atoms. The van der Waals surface area contributed by atoms with Gasteiger partial charge in [-0.05, 0) is 41.6 Å². The molecule has 1 atom stereocenters. The molecule has 0 saturated carbocycles. The molecule has 0 spiro atoms. The summed E-state index contributed by atoms with van der Waals surface area (Å²) >= 11 is 0. The van der Waals surface area contributed by atoms with Crippen molar-refractivity contribution in [3.63, 3.8) is 0 Å². The van der Waals surface area contributed by atoms with Crippen LogP contribution in [0, 0.1) is 0 Å². The van der Waals surface area contributed by atoms with E-state index in [1.54, 1.807) is 0 Å². The zero-order valence-electron chi connectivity index (χ0n) is 12.6. The van der Waals surface area contributed by atoms with Crippen LogP contribution in [0.3, 0.4) is 0 Å². The van der Waals surface area contributed by atoms with Crippen molar-refractivity contribution in [3.8, 4) is 0 Å². The van der Waals surface area contributed by atoms with Crippen LogP contribution < -0.4 is 5.32 Å². The van der Waals surface area contributed by atoms with E-state index >= 15 is 0 Å². The Labute approximate surface area is 127 Å². The smallest absolute Gasteiger partial charge is 0.0661 e. The first-order valence-electron chi connectivity index (χ1n) is 7.83. The minimum atomic E-state index is 0.322. The molecule has 3 rings (SSSR count). The molecule has 2 heteroatoms. The van der Waals surface area contributed by atoms with Gasteiger partial charge in [0, 0.05) is 0 Å². The lowest BCUT2D eigenvalue weighted by molar-refractivity contribution is 0.122. The Hall–Kier alpha value is -1.64. The second-order valence-electron chi connectivity index (χ2n) is 5.63. The third kappa shape index (κ3) is 3.52. The number of hydrogen-bond donors (Lipinski definition) is 1. The van der Waals surface area contributed by atoms with Crippen LogP contribution >= 0.6 is 0 Å². The second-order valence-corrected chi connectivity index (χ2v) is 5.63. The lowest BCUT2D eigenvalue weighted by atomic mass is 9.94. The summed E-state index contributed by atoms with van der Waals surface area (Å²) in [4.78, 5) is 0. The second kappa shape index (κ2) is 6.88. The van der Waals surface area contributed by atoms with Crippen LogP contribution in [0.2, 0.25) is 0 Å². The van der Waals surface area contributed by atoms with Gasteiger partial charge in [0.1, 0.15) is 0 Å². The van der Waals surface area contributed by atoms with Crippen molar-refractivity contribution in [3.05, 3.63) is 70.8 Å². The number of fused-ring (bicyclic) bond motifs is 1. The number of hydrogen-bond acceptors (Lipinski definition) is 2. The fourth-order valence-electron chi connectivity index (χ4n) is 3.03. The predicted molar refractivity (Wildman–Crippen MR) is 86.6 cm³/mol. The van der Waals surface area contributed by atoms with Gasteiger partial charge in [-0.2, -0.15) is 0 Å². The molecule has 2 nitrogen and oxygen atoms in total. The molecule has 110 valence electrons. The summed E-state index contributed by atoms with van der Waals surface area (Å²) in [6.45, 7) is 4.72. The standard InChI is InChI=1S/C19H23NO/c1-2-20-19-14-21-11-10-17-9-8-16(13-18(17)19)12-15-6-4-3-5-7-15/h3-9,13,19-20H,2,10-12,14H2,1H3. The SMILES string of the molecule is CCNC1COCCc2ccc(Cc3ccccc3)cc21. The maximum absolute atomic E-state index is 5.74. The van der Waals surface area contributed by atoms with Crippen molar-refractivity contribution < 1.29 is 4.74 Å². The average Bonchev–Trinajstić information content (AvgIpc) is 2.71. The molecule has 0 bridgehead atoms. The topological polar surface area (TPSA) is 21.3 Å². The number of nitrogens with one attached hydrogen (secondary N) is 1. The van der Waals surface area contributed by atoms with E-state index in [4.69, 9.17) is 4.74 Å². The summed E-state index contributed by atoms with van der Waals surface area (Å²) in [6.07, 6.45) is 2.01. The fraction of sp³-hybridized carbons (Fsp3) is 0.368. The normalized spacial score (nSPS) is 18.0. The van der Waals surface area contributed by atoms with Crippen LogP contribution in [0.15, 0.2) is 48.5 Å². The van der Waals surface area contributed by atoms with Gasteiger partial charge in [-0.1, -0.05) is 55.5 Å². The molecular weight excluding hydrogens is 258 g/mol. The Kier molecular flexibility index (Phi) is 4.69. The van der Waals surface area contributed by atoms with Crippen molar-refractivity contribution in [1.29, 1.82) is 0 Å². The maximum atomic E-state index is 5.74. The Morgan fingerprint density at radius 1 is 1.10 bits per heavy atom. The number of likely N-dealkylation sites (N-methyl/N-ethyl adjacent to an activating group) is 1. The van der Waals surface area contributed by atoms with Gasteiger partial charge < -0.3 is 10.1 Å². The first-order chi connectivity index (χ1) is 10.4. The largest absolute Gasteiger partial charge is 0.379 e. The number of benzene rings is 2. The van der Waals surface area contributed by atoms with Crippen LogP contribution in [0.4, 0.5) is 0 Å². The number of ether oxygens (including phenoxy) is 1. The Bertz CT molecular complexity index is 579. The summed E-state index contributed by atoms with van der Waals surface area (Å²) in [5, 5.41) is 3.55.